The van der Waals surface area contributed by atoms with Crippen LogP contribution in [-0.4, -0.2) is 259 Å². The molecule has 1 aliphatic heterocycles. The molecule has 0 radical (unpaired) electrons. The van der Waals surface area contributed by atoms with Crippen molar-refractivity contribution in [2.45, 2.75) is 391 Å². The van der Waals surface area contributed by atoms with Crippen LogP contribution in [0.3, 0.4) is 0 Å². The van der Waals surface area contributed by atoms with E-state index in [0.717, 1.165) is 168 Å². The summed E-state index contributed by atoms with van der Waals surface area (Å²) in [7, 11) is -24.1. The predicted molar refractivity (Wildman–Crippen MR) is 438 cm³/mol. The van der Waals surface area contributed by atoms with Crippen LogP contribution < -0.4 is 0 Å². The van der Waals surface area contributed by atoms with Crippen LogP contribution in [0.5, 0.6) is 0 Å². The van der Waals surface area contributed by atoms with E-state index in [2.05, 4.69) is 28.7 Å². The number of ether oxygens (including phenoxy) is 5. The Morgan fingerprint density at radius 1 is 0.286 bits per heavy atom. The number of aliphatic hydroxyl groups excluding tert-OH is 4. The molecule has 13 atom stereocenters. The summed E-state index contributed by atoms with van der Waals surface area (Å²) in [5, 5.41) is 46.2. The van der Waals surface area contributed by atoms with Gasteiger partial charge in [0.1, 0.15) is 32.4 Å². The molecule has 0 aromatic carbocycles. The molecule has 712 valence electrons. The number of methoxy groups -OCH3 is 4. The Morgan fingerprint density at radius 2 is 0.513 bits per heavy atom. The first-order valence-corrected chi connectivity index (χ1v) is 50.6. The molecule has 0 bridgehead atoms. The van der Waals surface area contributed by atoms with Crippen molar-refractivity contribution in [2.75, 3.05) is 28.4 Å². The standard InChI is InChI=1S/C13H24O6S.C12H24O8S2.C12H24O8S.2C12H24O5S.C11H22O8S/c1-10(20(15,16)17)13-11(19-13)8-6-4-3-5-7-9-12(14)18-2;1-10(21(14,15)16)11(22(17,18)19)8-6-4-3-5-7-9-12(13)20-2;1-9(21(17,18)19)12(15)10(13)7-5-3-2-4-6-8-11(14)20-16;2*1-11(18(14,15)16)9-7-5-3-4-6-8-10-12(13)17-2;1-8(20(16,17)18)11(14)9(12)6-4-2-3-5-7-10(13)19-15/h10-11,13H,3-9H2,1-2H3,(H,15,16,17);10-11H,3-9H2,1-2H3,(H,14,15,16)(H,17,18,19);9-10,12-13,15-16H,2-8H2,1H3,(H,17,18,19);2*11H,3-10H2,1-2H3,(H,14,15,16);8-9,11-12,14-15H,2-7H2,1H3,(H,16,17,18). The zero-order chi connectivity index (χ0) is 92.8. The number of hydrogen-bond donors (Lipinski definition) is 13. The van der Waals surface area contributed by atoms with Gasteiger partial charge in [0, 0.05) is 38.5 Å². The first-order chi connectivity index (χ1) is 55.0. The van der Waals surface area contributed by atoms with Gasteiger partial charge in [0.05, 0.1) is 69.5 Å². The van der Waals surface area contributed by atoms with Gasteiger partial charge >= 0.3 is 35.8 Å². The van der Waals surface area contributed by atoms with Gasteiger partial charge in [-0.05, 0) is 119 Å². The number of epoxide rings is 1. The maximum absolute atomic E-state index is 11.2. The van der Waals surface area contributed by atoms with Gasteiger partial charge in [-0.3, -0.25) is 51.0 Å². The van der Waals surface area contributed by atoms with Crippen molar-refractivity contribution >= 4 is 107 Å². The molecule has 1 heterocycles. The van der Waals surface area contributed by atoms with Crippen LogP contribution in [0.25, 0.3) is 0 Å². The number of aliphatic hydroxyl groups is 4. The number of esters is 4. The summed E-state index contributed by atoms with van der Waals surface area (Å²) in [6.45, 7) is 7.79. The highest BCUT2D eigenvalue weighted by molar-refractivity contribution is 7.90. The van der Waals surface area contributed by atoms with Gasteiger partial charge in [0.2, 0.25) is 0 Å². The van der Waals surface area contributed by atoms with Crippen molar-refractivity contribution in [1.29, 1.82) is 0 Å². The average Bonchev–Trinajstić information content (AvgIpc) is 1.66. The molecule has 40 nitrogen and oxygen atoms in total. The molecule has 119 heavy (non-hydrogen) atoms. The van der Waals surface area contributed by atoms with Gasteiger partial charge in [0.15, 0.2) is 0 Å². The van der Waals surface area contributed by atoms with Crippen LogP contribution >= 0.6 is 0 Å². The Labute approximate surface area is 705 Å². The van der Waals surface area contributed by atoms with E-state index in [1.807, 2.05) is 0 Å². The average molecular weight is 1870 g/mol. The lowest BCUT2D eigenvalue weighted by Crippen LogP contribution is -2.40. The fourth-order valence-corrected chi connectivity index (χ4v) is 16.0. The number of carbonyl (C=O) groups excluding carboxylic acids is 6. The van der Waals surface area contributed by atoms with E-state index in [1.165, 1.54) is 49.2 Å². The fraction of sp³-hybridized carbons (Fsp3) is 0.917. The lowest BCUT2D eigenvalue weighted by atomic mass is 10.0. The third-order valence-electron chi connectivity index (χ3n) is 19.5. The largest absolute Gasteiger partial charge is 0.469 e. The van der Waals surface area contributed by atoms with E-state index in [9.17, 15) is 108 Å². The van der Waals surface area contributed by atoms with Crippen LogP contribution in [0.4, 0.5) is 0 Å². The molecule has 0 spiro atoms. The molecule has 13 N–H and O–H groups in total. The summed E-state index contributed by atoms with van der Waals surface area (Å²) >= 11 is 0. The maximum atomic E-state index is 11.2. The van der Waals surface area contributed by atoms with Gasteiger partial charge in [-0.15, -0.1) is 0 Å². The minimum Gasteiger partial charge on any atom is -0.469 e. The van der Waals surface area contributed by atoms with Gasteiger partial charge in [-0.25, -0.2) is 9.59 Å². The zero-order valence-corrected chi connectivity index (χ0v) is 76.3. The second kappa shape index (κ2) is 69.2. The zero-order valence-electron chi connectivity index (χ0n) is 70.6. The molecule has 1 aliphatic rings. The first kappa shape index (κ1) is 123. The van der Waals surface area contributed by atoms with E-state index in [1.54, 1.807) is 0 Å². The van der Waals surface area contributed by atoms with E-state index in [0.29, 0.717) is 96.3 Å². The van der Waals surface area contributed by atoms with Crippen LogP contribution in [0.2, 0.25) is 0 Å². The third-order valence-corrected chi connectivity index (χ3v) is 28.5. The molecule has 0 saturated carbocycles. The van der Waals surface area contributed by atoms with Gasteiger partial charge in [-0.1, -0.05) is 161 Å². The van der Waals surface area contributed by atoms with E-state index < -0.39 is 144 Å². The summed E-state index contributed by atoms with van der Waals surface area (Å²) in [5.41, 5.74) is 0. The quantitative estimate of drug-likeness (QED) is 0.00512. The van der Waals surface area contributed by atoms with E-state index in [-0.39, 0.29) is 68.2 Å². The lowest BCUT2D eigenvalue weighted by Gasteiger charge is -2.21. The summed E-state index contributed by atoms with van der Waals surface area (Å²) in [4.78, 5) is 71.6. The van der Waals surface area contributed by atoms with Crippen molar-refractivity contribution in [3.05, 3.63) is 0 Å². The van der Waals surface area contributed by atoms with Gasteiger partial charge < -0.3 is 53.9 Å². The lowest BCUT2D eigenvalue weighted by molar-refractivity contribution is -0.234. The number of carbonyl (C=O) groups is 6. The molecule has 0 amide bonds. The van der Waals surface area contributed by atoms with Crippen molar-refractivity contribution in [3.63, 3.8) is 0 Å². The minimum atomic E-state index is -4.56. The van der Waals surface area contributed by atoms with Crippen LogP contribution in [0.1, 0.15) is 318 Å². The third kappa shape index (κ3) is 71.8. The molecule has 0 aromatic rings. The second-order valence-electron chi connectivity index (χ2n) is 29.3. The minimum absolute atomic E-state index is 0.0398. The summed E-state index contributed by atoms with van der Waals surface area (Å²) in [6, 6.07) is 0. The fourth-order valence-electron chi connectivity index (χ4n) is 11.1. The number of unbranched alkanes of at least 4 members (excludes halogenated alkanes) is 25. The molecule has 1 fully saturated rings. The van der Waals surface area contributed by atoms with Gasteiger partial charge in [-0.2, -0.15) is 69.4 Å². The molecular weight excluding hydrogens is 1730 g/mol. The van der Waals surface area contributed by atoms with Crippen molar-refractivity contribution < 1.29 is 184 Å². The number of hydrogen-bond acceptors (Lipinski definition) is 33. The molecule has 47 heteroatoms. The highest BCUT2D eigenvalue weighted by Crippen LogP contribution is 2.33. The van der Waals surface area contributed by atoms with Crippen LogP contribution in [0.15, 0.2) is 0 Å². The molecule has 0 aliphatic carbocycles. The van der Waals surface area contributed by atoms with E-state index >= 15 is 0 Å². The smallest absolute Gasteiger partial charge is 0.342 e. The Morgan fingerprint density at radius 3 is 0.739 bits per heavy atom. The maximum Gasteiger partial charge on any atom is 0.342 e. The highest BCUT2D eigenvalue weighted by Gasteiger charge is 2.47. The van der Waals surface area contributed by atoms with Crippen molar-refractivity contribution in [1.82, 2.24) is 0 Å². The number of rotatable bonds is 62. The summed E-state index contributed by atoms with van der Waals surface area (Å²) < 4.78 is 238. The van der Waals surface area contributed by atoms with Crippen LogP contribution in [0, 0.1) is 0 Å². The monoisotopic (exact) mass is 1870 g/mol. The van der Waals surface area contributed by atoms with Gasteiger partial charge in [0.25, 0.3) is 70.8 Å². The molecule has 13 unspecified atom stereocenters. The summed E-state index contributed by atoms with van der Waals surface area (Å²) in [5.74, 6) is -2.17. The molecule has 0 aromatic heterocycles. The Hall–Kier alpha value is -4.09. The normalized spacial score (nSPS) is 16.4. The molecule has 1 rings (SSSR count). The Balaban J connectivity index is -0.000000437. The second-order valence-corrected chi connectivity index (χ2v) is 41.7. The predicted octanol–water partition coefficient (Wildman–Crippen LogP) is 9.54. The van der Waals surface area contributed by atoms with Crippen molar-refractivity contribution in [3.8, 4) is 0 Å². The Kier molecular flexibility index (Phi) is 71.7. The van der Waals surface area contributed by atoms with Crippen LogP contribution in [-0.2, 0) is 133 Å². The topological polar surface area (TPSA) is 672 Å². The highest BCUT2D eigenvalue weighted by atomic mass is 32.2. The molecule has 1 saturated heterocycles. The summed E-state index contributed by atoms with van der Waals surface area (Å²) in [6.07, 6.45) is 23.5. The first-order valence-electron chi connectivity index (χ1n) is 40.1. The van der Waals surface area contributed by atoms with Crippen molar-refractivity contribution in [2.24, 2.45) is 0 Å². The SMILES string of the molecule is CC(C(O)C(O)CCCCCCC(=O)OO)S(=O)(=O)O.CC(C(O)C(O)CCCCCCCC(=O)OO)S(=O)(=O)O.COC(=O)CCCCCCCC(C(C)S(=O)(=O)O)S(=O)(=O)O.COC(=O)CCCCCCCC1OC1C(C)S(=O)(=O)O.COC(=O)CCCCCCCCC(C)S(=O)(=O)O.COC(=O)CCCCCCCCC(C)S(=O)(=O)O. The van der Waals surface area contributed by atoms with E-state index in [4.69, 9.17) is 47.1 Å². The molecular formula is C72H142O40S7. The Bertz CT molecular complexity index is 3480.